The third-order valence-corrected chi connectivity index (χ3v) is 4.60. The van der Waals surface area contributed by atoms with Gasteiger partial charge in [-0.05, 0) is 57.9 Å². The van der Waals surface area contributed by atoms with Crippen LogP contribution in [0.15, 0.2) is 0 Å². The molecule has 0 radical (unpaired) electrons. The van der Waals surface area contributed by atoms with Crippen molar-refractivity contribution in [1.82, 2.24) is 10.2 Å². The second kappa shape index (κ2) is 4.12. The number of nitrogens with zero attached hydrogens (tertiary/aromatic N) is 1. The minimum Gasteiger partial charge on any atom is -0.444 e. The first kappa shape index (κ1) is 12.3. The summed E-state index contributed by atoms with van der Waals surface area (Å²) >= 11 is 0. The standard InChI is InChI=1S/C14H24N2O2/c1-14(2,3)18-13(17)16-7-10-4-9-6-15-12(9)5-11(10)8-16/h9-12,15H,4-8H2,1-3H3/t9-,10+,11-,12+/m1/s1. The second-order valence-electron chi connectivity index (χ2n) is 7.15. The van der Waals surface area contributed by atoms with Gasteiger partial charge >= 0.3 is 6.09 Å². The molecule has 3 rings (SSSR count). The van der Waals surface area contributed by atoms with E-state index in [1.165, 1.54) is 19.4 Å². The number of hydrogen-bond acceptors (Lipinski definition) is 3. The number of amides is 1. The van der Waals surface area contributed by atoms with Crippen molar-refractivity contribution in [2.75, 3.05) is 19.6 Å². The summed E-state index contributed by atoms with van der Waals surface area (Å²) in [4.78, 5) is 14.0. The van der Waals surface area contributed by atoms with E-state index in [0.717, 1.165) is 25.0 Å². The normalized spacial score (nSPS) is 38.7. The molecule has 2 heterocycles. The topological polar surface area (TPSA) is 41.6 Å². The Balaban J connectivity index is 1.59. The summed E-state index contributed by atoms with van der Waals surface area (Å²) < 4.78 is 5.47. The molecule has 0 aromatic rings. The molecule has 1 aliphatic carbocycles. The molecule has 3 fully saturated rings. The molecule has 1 N–H and O–H groups in total. The van der Waals surface area contributed by atoms with Gasteiger partial charge in [-0.2, -0.15) is 0 Å². The maximum atomic E-state index is 12.1. The maximum Gasteiger partial charge on any atom is 0.410 e. The molecular formula is C14H24N2O2. The fourth-order valence-corrected chi connectivity index (χ4v) is 3.64. The largest absolute Gasteiger partial charge is 0.444 e. The molecule has 0 aromatic carbocycles. The van der Waals surface area contributed by atoms with Crippen molar-refractivity contribution in [2.45, 2.75) is 45.3 Å². The lowest BCUT2D eigenvalue weighted by molar-refractivity contribution is 0.0284. The third kappa shape index (κ3) is 2.22. The predicted molar refractivity (Wildman–Crippen MR) is 69.3 cm³/mol. The second-order valence-corrected chi connectivity index (χ2v) is 7.15. The maximum absolute atomic E-state index is 12.1. The van der Waals surface area contributed by atoms with Gasteiger partial charge in [0, 0.05) is 19.1 Å². The van der Waals surface area contributed by atoms with Gasteiger partial charge in [-0.3, -0.25) is 0 Å². The summed E-state index contributed by atoms with van der Waals surface area (Å²) in [6.45, 7) is 8.77. The van der Waals surface area contributed by atoms with Gasteiger partial charge in [-0.1, -0.05) is 0 Å². The molecule has 18 heavy (non-hydrogen) atoms. The SMILES string of the molecule is CC(C)(C)OC(=O)N1C[C@H]2C[C@@H]3NC[C@H]3C[C@H]2C1. The summed E-state index contributed by atoms with van der Waals surface area (Å²) in [6, 6.07) is 0.727. The van der Waals surface area contributed by atoms with E-state index in [1.54, 1.807) is 0 Å². The van der Waals surface area contributed by atoms with Crippen LogP contribution >= 0.6 is 0 Å². The number of nitrogens with one attached hydrogen (secondary N) is 1. The smallest absolute Gasteiger partial charge is 0.410 e. The van der Waals surface area contributed by atoms with Crippen LogP contribution in [0, 0.1) is 17.8 Å². The molecule has 2 aliphatic heterocycles. The quantitative estimate of drug-likeness (QED) is 0.715. The lowest BCUT2D eigenvalue weighted by Gasteiger charge is -2.46. The van der Waals surface area contributed by atoms with Crippen molar-refractivity contribution in [2.24, 2.45) is 17.8 Å². The highest BCUT2D eigenvalue weighted by molar-refractivity contribution is 5.68. The van der Waals surface area contributed by atoms with Gasteiger partial charge in [-0.15, -0.1) is 0 Å². The van der Waals surface area contributed by atoms with E-state index >= 15 is 0 Å². The van der Waals surface area contributed by atoms with Crippen LogP contribution < -0.4 is 5.32 Å². The summed E-state index contributed by atoms with van der Waals surface area (Å²) in [6.07, 6.45) is 2.41. The van der Waals surface area contributed by atoms with Crippen LogP contribution in [0.2, 0.25) is 0 Å². The van der Waals surface area contributed by atoms with Crippen molar-refractivity contribution in [3.05, 3.63) is 0 Å². The number of hydrogen-bond donors (Lipinski definition) is 1. The van der Waals surface area contributed by atoms with E-state index in [2.05, 4.69) is 5.32 Å². The van der Waals surface area contributed by atoms with Crippen LogP contribution in [0.5, 0.6) is 0 Å². The average Bonchev–Trinajstić information content (AvgIpc) is 2.61. The Bertz CT molecular complexity index is 330. The van der Waals surface area contributed by atoms with Crippen LogP contribution in [-0.4, -0.2) is 42.3 Å². The van der Waals surface area contributed by atoms with Gasteiger partial charge < -0.3 is 15.0 Å². The number of carbonyl (C=O) groups is 1. The van der Waals surface area contributed by atoms with E-state index in [1.807, 2.05) is 25.7 Å². The predicted octanol–water partition coefficient (Wildman–Crippen LogP) is 1.85. The Morgan fingerprint density at radius 1 is 1.17 bits per heavy atom. The fourth-order valence-electron chi connectivity index (χ4n) is 3.64. The minimum absolute atomic E-state index is 0.128. The van der Waals surface area contributed by atoms with Crippen molar-refractivity contribution in [1.29, 1.82) is 0 Å². The molecule has 4 atom stereocenters. The van der Waals surface area contributed by atoms with E-state index < -0.39 is 0 Å². The fraction of sp³-hybridized carbons (Fsp3) is 0.929. The number of fused-ring (bicyclic) bond motifs is 2. The Kier molecular flexibility index (Phi) is 2.81. The zero-order valence-electron chi connectivity index (χ0n) is 11.6. The monoisotopic (exact) mass is 252 g/mol. The highest BCUT2D eigenvalue weighted by atomic mass is 16.6. The zero-order valence-corrected chi connectivity index (χ0v) is 11.6. The lowest BCUT2D eigenvalue weighted by atomic mass is 9.69. The van der Waals surface area contributed by atoms with Gasteiger partial charge in [-0.25, -0.2) is 4.79 Å². The first-order valence-electron chi connectivity index (χ1n) is 7.14. The van der Waals surface area contributed by atoms with Crippen LogP contribution in [-0.2, 0) is 4.74 Å². The Morgan fingerprint density at radius 2 is 1.83 bits per heavy atom. The zero-order chi connectivity index (χ0) is 12.9. The van der Waals surface area contributed by atoms with E-state index in [4.69, 9.17) is 4.74 Å². The molecule has 0 bridgehead atoms. The van der Waals surface area contributed by atoms with E-state index in [0.29, 0.717) is 11.8 Å². The van der Waals surface area contributed by atoms with Crippen LogP contribution in [0.1, 0.15) is 33.6 Å². The number of rotatable bonds is 0. The molecule has 4 heteroatoms. The molecular weight excluding hydrogens is 228 g/mol. The Hall–Kier alpha value is -0.770. The van der Waals surface area contributed by atoms with Crippen molar-refractivity contribution in [3.63, 3.8) is 0 Å². The molecule has 1 saturated carbocycles. The minimum atomic E-state index is -0.384. The number of ether oxygens (including phenoxy) is 1. The highest BCUT2D eigenvalue weighted by Crippen LogP contribution is 2.42. The first-order valence-corrected chi connectivity index (χ1v) is 7.14. The van der Waals surface area contributed by atoms with Crippen LogP contribution in [0.4, 0.5) is 4.79 Å². The first-order chi connectivity index (χ1) is 8.42. The Labute approximate surface area is 109 Å². The van der Waals surface area contributed by atoms with Gasteiger partial charge in [0.2, 0.25) is 0 Å². The molecule has 0 spiro atoms. The molecule has 102 valence electrons. The summed E-state index contributed by atoms with van der Waals surface area (Å²) in [5.41, 5.74) is -0.384. The van der Waals surface area contributed by atoms with Gasteiger partial charge in [0.05, 0.1) is 0 Å². The number of carbonyl (C=O) groups excluding carboxylic acids is 1. The van der Waals surface area contributed by atoms with Gasteiger partial charge in [0.1, 0.15) is 5.60 Å². The molecule has 0 unspecified atom stereocenters. The molecule has 4 nitrogen and oxygen atoms in total. The van der Waals surface area contributed by atoms with E-state index in [9.17, 15) is 4.79 Å². The Morgan fingerprint density at radius 3 is 2.39 bits per heavy atom. The lowest BCUT2D eigenvalue weighted by Crippen LogP contribution is -2.57. The van der Waals surface area contributed by atoms with Crippen molar-refractivity contribution < 1.29 is 9.53 Å². The summed E-state index contributed by atoms with van der Waals surface area (Å²) in [5.74, 6) is 2.26. The van der Waals surface area contributed by atoms with E-state index in [-0.39, 0.29) is 11.7 Å². The number of likely N-dealkylation sites (tertiary alicyclic amines) is 1. The van der Waals surface area contributed by atoms with Crippen molar-refractivity contribution >= 4 is 6.09 Å². The average molecular weight is 252 g/mol. The molecule has 2 saturated heterocycles. The molecule has 1 amide bonds. The van der Waals surface area contributed by atoms with Gasteiger partial charge in [0.15, 0.2) is 0 Å². The molecule has 3 aliphatic rings. The van der Waals surface area contributed by atoms with Gasteiger partial charge in [0.25, 0.3) is 0 Å². The summed E-state index contributed by atoms with van der Waals surface area (Å²) in [5, 5.41) is 3.51. The summed E-state index contributed by atoms with van der Waals surface area (Å²) in [7, 11) is 0. The van der Waals surface area contributed by atoms with Crippen LogP contribution in [0.25, 0.3) is 0 Å². The molecule has 0 aromatic heterocycles. The van der Waals surface area contributed by atoms with Crippen molar-refractivity contribution in [3.8, 4) is 0 Å². The highest BCUT2D eigenvalue weighted by Gasteiger charge is 2.46. The third-order valence-electron chi connectivity index (χ3n) is 4.60. The van der Waals surface area contributed by atoms with Crippen LogP contribution in [0.3, 0.4) is 0 Å².